The number of rotatable bonds is 7. The molecule has 34 heavy (non-hydrogen) atoms. The number of carboxylic acids is 1. The Morgan fingerprint density at radius 2 is 1.91 bits per heavy atom. The number of hydrogen-bond donors (Lipinski definition) is 3. The van der Waals surface area contributed by atoms with Gasteiger partial charge in [-0.25, -0.2) is 19.0 Å². The van der Waals surface area contributed by atoms with E-state index >= 15 is 4.39 Å². The summed E-state index contributed by atoms with van der Waals surface area (Å²) in [6.07, 6.45) is 1.65. The Labute approximate surface area is 210 Å². The van der Waals surface area contributed by atoms with E-state index in [1.807, 2.05) is 12.1 Å². The van der Waals surface area contributed by atoms with Crippen LogP contribution in [0.15, 0.2) is 54.7 Å². The van der Waals surface area contributed by atoms with Crippen molar-refractivity contribution in [3.8, 4) is 28.1 Å². The summed E-state index contributed by atoms with van der Waals surface area (Å²) < 4.78 is 21.3. The maximum absolute atomic E-state index is 15.6. The molecule has 2 heterocycles. The first-order valence-electron chi connectivity index (χ1n) is 10.0. The van der Waals surface area contributed by atoms with Crippen molar-refractivity contribution in [2.45, 2.75) is 6.92 Å². The number of halogens is 1. The van der Waals surface area contributed by atoms with E-state index < -0.39 is 24.4 Å². The van der Waals surface area contributed by atoms with Gasteiger partial charge in [-0.05, 0) is 42.8 Å². The summed E-state index contributed by atoms with van der Waals surface area (Å²) in [6.45, 7) is 1.77. The van der Waals surface area contributed by atoms with Crippen LogP contribution in [-0.4, -0.2) is 59.1 Å². The molecule has 4 rings (SSSR count). The Hall–Kier alpha value is -3.45. The summed E-state index contributed by atoms with van der Waals surface area (Å²) in [5, 5.41) is 14.3. The van der Waals surface area contributed by atoms with E-state index in [-0.39, 0.29) is 29.5 Å². The van der Waals surface area contributed by atoms with E-state index in [4.69, 9.17) is 9.84 Å². The molecular formula is C23H19FLiN4O4S. The van der Waals surface area contributed by atoms with Crippen LogP contribution in [0.2, 0.25) is 0 Å². The van der Waals surface area contributed by atoms with E-state index in [1.165, 1.54) is 0 Å². The Kier molecular flexibility index (Phi) is 8.23. The Balaban J connectivity index is 0.00000324. The number of carbonyl (C=O) groups is 2. The van der Waals surface area contributed by atoms with Gasteiger partial charge in [0.15, 0.2) is 17.6 Å². The van der Waals surface area contributed by atoms with Crippen molar-refractivity contribution < 1.29 is 23.8 Å². The van der Waals surface area contributed by atoms with Crippen LogP contribution >= 0.6 is 11.3 Å². The van der Waals surface area contributed by atoms with Crippen molar-refractivity contribution in [3.63, 3.8) is 0 Å². The van der Waals surface area contributed by atoms with Crippen molar-refractivity contribution in [3.05, 3.63) is 60.5 Å². The van der Waals surface area contributed by atoms with Crippen LogP contribution in [0.1, 0.15) is 6.92 Å². The molecule has 0 spiro atoms. The number of nitrogens with one attached hydrogen (secondary N) is 2. The van der Waals surface area contributed by atoms with E-state index in [0.29, 0.717) is 39.4 Å². The van der Waals surface area contributed by atoms with Gasteiger partial charge in [0.1, 0.15) is 11.3 Å². The summed E-state index contributed by atoms with van der Waals surface area (Å²) in [7, 11) is 0. The van der Waals surface area contributed by atoms with Gasteiger partial charge < -0.3 is 15.2 Å². The number of benzene rings is 2. The number of anilines is 1. The Bertz CT molecular complexity index is 1320. The number of amides is 2. The predicted octanol–water partition coefficient (Wildman–Crippen LogP) is 4.39. The molecule has 0 atom stereocenters. The number of aliphatic carboxylic acids is 1. The molecular weight excluding hydrogens is 454 g/mol. The maximum atomic E-state index is 15.6. The molecule has 0 unspecified atom stereocenters. The number of ether oxygens (including phenoxy) is 1. The zero-order valence-electron chi connectivity index (χ0n) is 18.5. The van der Waals surface area contributed by atoms with Crippen molar-refractivity contribution in [1.82, 2.24) is 15.3 Å². The first kappa shape index (κ1) is 25.2. The molecule has 0 bridgehead atoms. The second-order valence-electron chi connectivity index (χ2n) is 6.89. The third-order valence-corrected chi connectivity index (χ3v) is 5.64. The van der Waals surface area contributed by atoms with E-state index in [2.05, 4.69) is 20.6 Å². The van der Waals surface area contributed by atoms with E-state index in [1.54, 1.807) is 49.5 Å². The van der Waals surface area contributed by atoms with Crippen LogP contribution in [0.4, 0.5) is 14.3 Å². The second kappa shape index (κ2) is 11.1. The summed E-state index contributed by atoms with van der Waals surface area (Å²) in [6, 6.07) is 13.1. The molecule has 0 aliphatic heterocycles. The Morgan fingerprint density at radius 3 is 2.56 bits per heavy atom. The van der Waals surface area contributed by atoms with Gasteiger partial charge in [-0.15, -0.1) is 0 Å². The Morgan fingerprint density at radius 1 is 1.15 bits per heavy atom. The zero-order valence-corrected chi connectivity index (χ0v) is 19.3. The van der Waals surface area contributed by atoms with Crippen molar-refractivity contribution in [2.75, 3.05) is 18.5 Å². The molecule has 0 aliphatic rings. The number of fused-ring (bicyclic) bond motifs is 1. The summed E-state index contributed by atoms with van der Waals surface area (Å²) in [5.74, 6) is -1.27. The van der Waals surface area contributed by atoms with Gasteiger partial charge in [-0.2, -0.15) is 0 Å². The smallest absolute Gasteiger partial charge is 0.341 e. The first-order chi connectivity index (χ1) is 16.0. The minimum absolute atomic E-state index is 0. The standard InChI is InChI=1S/C23H19FN4O4S.Li/c1-2-25-22(31)28-23-27-20-19(24)15(13-6-8-14(9-7-13)32-12-18(29)30)11-16(21(20)33-23)17-5-3-4-10-26-17;/h3-11H,2,12H2,1H3,(H,29,30)(H2,25,27,28,31);. The monoisotopic (exact) mass is 473 g/mol. The molecule has 2 amide bonds. The third-order valence-electron chi connectivity index (χ3n) is 4.63. The fraction of sp³-hybridized carbons (Fsp3) is 0.130. The fourth-order valence-corrected chi connectivity index (χ4v) is 4.19. The SMILES string of the molecule is CCNC(=O)Nc1nc2c(F)c(-c3ccc(OCC(=O)O)cc3)cc(-c3ccccn3)c2s1.[Li]. The van der Waals surface area contributed by atoms with Gasteiger partial charge in [-0.1, -0.05) is 29.5 Å². The first-order valence-corrected chi connectivity index (χ1v) is 10.8. The maximum Gasteiger partial charge on any atom is 0.341 e. The van der Waals surface area contributed by atoms with Gasteiger partial charge in [0.25, 0.3) is 0 Å². The largest absolute Gasteiger partial charge is 0.482 e. The molecule has 2 aromatic carbocycles. The normalized spacial score (nSPS) is 10.4. The summed E-state index contributed by atoms with van der Waals surface area (Å²) in [5.41, 5.74) is 2.28. The number of aromatic nitrogens is 2. The molecule has 2 aromatic heterocycles. The molecule has 0 saturated carbocycles. The number of carbonyl (C=O) groups excluding carboxylic acids is 1. The van der Waals surface area contributed by atoms with Crippen molar-refractivity contribution >= 4 is 57.5 Å². The van der Waals surface area contributed by atoms with Crippen LogP contribution < -0.4 is 15.4 Å². The number of hydrogen-bond acceptors (Lipinski definition) is 6. The number of urea groups is 1. The second-order valence-corrected chi connectivity index (χ2v) is 7.89. The van der Waals surface area contributed by atoms with Crippen LogP contribution in [0.3, 0.4) is 0 Å². The topological polar surface area (TPSA) is 113 Å². The summed E-state index contributed by atoms with van der Waals surface area (Å²) >= 11 is 1.16. The zero-order chi connectivity index (χ0) is 23.4. The van der Waals surface area contributed by atoms with Crippen molar-refractivity contribution in [2.24, 2.45) is 0 Å². The molecule has 4 aromatic rings. The van der Waals surface area contributed by atoms with Crippen molar-refractivity contribution in [1.29, 1.82) is 0 Å². The van der Waals surface area contributed by atoms with E-state index in [0.717, 1.165) is 11.3 Å². The van der Waals surface area contributed by atoms with Crippen LogP contribution in [0.25, 0.3) is 32.6 Å². The number of pyridine rings is 1. The molecule has 3 N–H and O–H groups in total. The minimum Gasteiger partial charge on any atom is -0.482 e. The van der Waals surface area contributed by atoms with Crippen LogP contribution in [-0.2, 0) is 4.79 Å². The quantitative estimate of drug-likeness (QED) is 0.343. The fourth-order valence-electron chi connectivity index (χ4n) is 3.21. The number of thiazole rings is 1. The van der Waals surface area contributed by atoms with Gasteiger partial charge in [0, 0.05) is 42.7 Å². The van der Waals surface area contributed by atoms with Gasteiger partial charge in [0.05, 0.1) is 10.4 Å². The molecule has 0 fully saturated rings. The molecule has 0 aliphatic carbocycles. The average Bonchev–Trinajstić information content (AvgIpc) is 3.23. The van der Waals surface area contributed by atoms with Crippen LogP contribution in [0, 0.1) is 5.82 Å². The average molecular weight is 473 g/mol. The minimum atomic E-state index is -1.09. The molecule has 0 saturated heterocycles. The summed E-state index contributed by atoms with van der Waals surface area (Å²) in [4.78, 5) is 31.4. The van der Waals surface area contributed by atoms with Gasteiger partial charge >= 0.3 is 12.0 Å². The number of carboxylic acid groups (broad SMARTS) is 1. The molecule has 8 nitrogen and oxygen atoms in total. The molecule has 1 radical (unpaired) electrons. The molecule has 11 heteroatoms. The van der Waals surface area contributed by atoms with E-state index in [9.17, 15) is 9.59 Å². The molecule has 169 valence electrons. The van der Waals surface area contributed by atoms with Gasteiger partial charge in [-0.3, -0.25) is 10.3 Å². The third kappa shape index (κ3) is 5.54. The predicted molar refractivity (Wildman–Crippen MR) is 130 cm³/mol. The van der Waals surface area contributed by atoms with Gasteiger partial charge in [0.2, 0.25) is 0 Å². The number of nitrogens with zero attached hydrogens (tertiary/aromatic N) is 2. The van der Waals surface area contributed by atoms with Crippen LogP contribution in [0.5, 0.6) is 5.75 Å².